The maximum absolute atomic E-state index is 11.5. The van der Waals surface area contributed by atoms with Crippen LogP contribution in [-0.2, 0) is 9.59 Å². The van der Waals surface area contributed by atoms with Crippen molar-refractivity contribution in [2.24, 2.45) is 0 Å². The van der Waals surface area contributed by atoms with Gasteiger partial charge in [0.25, 0.3) is 0 Å². The highest BCUT2D eigenvalue weighted by atomic mass is 16.4. The molecule has 0 heterocycles. The molecule has 0 saturated carbocycles. The van der Waals surface area contributed by atoms with Crippen molar-refractivity contribution in [3.63, 3.8) is 0 Å². The Kier molecular flexibility index (Phi) is 4.87. The summed E-state index contributed by atoms with van der Waals surface area (Å²) in [4.78, 5) is 32.7. The van der Waals surface area contributed by atoms with Gasteiger partial charge < -0.3 is 20.8 Å². The van der Waals surface area contributed by atoms with Crippen molar-refractivity contribution in [1.82, 2.24) is 5.32 Å². The summed E-state index contributed by atoms with van der Waals surface area (Å²) in [7, 11) is 0. The minimum absolute atomic E-state index is 0.488. The zero-order valence-electron chi connectivity index (χ0n) is 10.2. The van der Waals surface area contributed by atoms with Crippen LogP contribution in [0.1, 0.15) is 12.0 Å². The molecule has 1 aromatic carbocycles. The van der Waals surface area contributed by atoms with E-state index in [2.05, 4.69) is 10.6 Å². The third kappa shape index (κ3) is 5.07. The second-order valence-electron chi connectivity index (χ2n) is 3.95. The number of hydrogen-bond acceptors (Lipinski definition) is 3. The van der Waals surface area contributed by atoms with E-state index in [1.54, 1.807) is 24.3 Å². The molecule has 2 amide bonds. The van der Waals surface area contributed by atoms with Gasteiger partial charge in [0.05, 0.1) is 6.42 Å². The second kappa shape index (κ2) is 6.39. The number of aryl methyl sites for hydroxylation is 1. The van der Waals surface area contributed by atoms with Gasteiger partial charge in [-0.3, -0.25) is 4.79 Å². The van der Waals surface area contributed by atoms with E-state index in [9.17, 15) is 14.4 Å². The Bertz CT molecular complexity index is 483. The molecule has 7 nitrogen and oxygen atoms in total. The number of carboxylic acid groups (broad SMARTS) is 2. The number of carbonyl (C=O) groups is 3. The first-order valence-electron chi connectivity index (χ1n) is 5.47. The standard InChI is InChI=1S/C12H14N2O5/c1-7-2-4-8(5-3-7)13-12(19)14-9(11(17)18)6-10(15)16/h2-5,9H,6H2,1H3,(H,15,16)(H,17,18)(H2,13,14,19)/t9-/m1/s1. The number of carboxylic acids is 2. The number of anilines is 1. The van der Waals surface area contributed by atoms with E-state index >= 15 is 0 Å². The number of amides is 2. The van der Waals surface area contributed by atoms with E-state index in [1.165, 1.54) is 0 Å². The van der Waals surface area contributed by atoms with Crippen molar-refractivity contribution in [1.29, 1.82) is 0 Å². The average Bonchev–Trinajstić information content (AvgIpc) is 2.30. The maximum Gasteiger partial charge on any atom is 0.326 e. The van der Waals surface area contributed by atoms with E-state index in [1.807, 2.05) is 6.92 Å². The zero-order valence-corrected chi connectivity index (χ0v) is 10.2. The van der Waals surface area contributed by atoms with Crippen LogP contribution < -0.4 is 10.6 Å². The van der Waals surface area contributed by atoms with Gasteiger partial charge in [-0.2, -0.15) is 0 Å². The molecule has 0 aromatic heterocycles. The van der Waals surface area contributed by atoms with Crippen LogP contribution in [0.25, 0.3) is 0 Å². The van der Waals surface area contributed by atoms with Crippen LogP contribution in [0.3, 0.4) is 0 Å². The normalized spacial score (nSPS) is 11.4. The van der Waals surface area contributed by atoms with Crippen molar-refractivity contribution in [3.8, 4) is 0 Å². The lowest BCUT2D eigenvalue weighted by Gasteiger charge is -2.13. The van der Waals surface area contributed by atoms with Gasteiger partial charge in [-0.25, -0.2) is 9.59 Å². The monoisotopic (exact) mass is 266 g/mol. The highest BCUT2D eigenvalue weighted by Gasteiger charge is 2.22. The summed E-state index contributed by atoms with van der Waals surface area (Å²) in [6.45, 7) is 1.89. The minimum Gasteiger partial charge on any atom is -0.481 e. The molecule has 1 aromatic rings. The van der Waals surface area contributed by atoms with Gasteiger partial charge in [-0.15, -0.1) is 0 Å². The summed E-state index contributed by atoms with van der Waals surface area (Å²) in [5.41, 5.74) is 1.50. The van der Waals surface area contributed by atoms with Gasteiger partial charge in [0, 0.05) is 5.69 Å². The summed E-state index contributed by atoms with van der Waals surface area (Å²) >= 11 is 0. The smallest absolute Gasteiger partial charge is 0.326 e. The Morgan fingerprint density at radius 1 is 1.16 bits per heavy atom. The van der Waals surface area contributed by atoms with Crippen LogP contribution in [0.2, 0.25) is 0 Å². The highest BCUT2D eigenvalue weighted by Crippen LogP contribution is 2.08. The second-order valence-corrected chi connectivity index (χ2v) is 3.95. The van der Waals surface area contributed by atoms with Crippen LogP contribution in [0.4, 0.5) is 10.5 Å². The predicted molar refractivity (Wildman–Crippen MR) is 67.0 cm³/mol. The van der Waals surface area contributed by atoms with Gasteiger partial charge in [-0.1, -0.05) is 17.7 Å². The lowest BCUT2D eigenvalue weighted by molar-refractivity contribution is -0.145. The number of benzene rings is 1. The molecular weight excluding hydrogens is 252 g/mol. The lowest BCUT2D eigenvalue weighted by atomic mass is 10.2. The predicted octanol–water partition coefficient (Wildman–Crippen LogP) is 1.04. The molecule has 1 atom stereocenters. The fourth-order valence-corrected chi connectivity index (χ4v) is 1.34. The molecule has 0 aliphatic rings. The Morgan fingerprint density at radius 2 is 1.74 bits per heavy atom. The summed E-state index contributed by atoms with van der Waals surface area (Å²) in [5, 5.41) is 21.8. The summed E-state index contributed by atoms with van der Waals surface area (Å²) < 4.78 is 0. The number of rotatable bonds is 5. The third-order valence-corrected chi connectivity index (χ3v) is 2.29. The molecule has 0 unspecified atom stereocenters. The number of hydrogen-bond donors (Lipinski definition) is 4. The van der Waals surface area contributed by atoms with Crippen LogP contribution in [0.15, 0.2) is 24.3 Å². The summed E-state index contributed by atoms with van der Waals surface area (Å²) in [6.07, 6.45) is -0.684. The molecule has 0 aliphatic carbocycles. The van der Waals surface area contributed by atoms with Crippen molar-refractivity contribution in [2.45, 2.75) is 19.4 Å². The van der Waals surface area contributed by atoms with Crippen LogP contribution in [0.5, 0.6) is 0 Å². The van der Waals surface area contributed by atoms with E-state index in [0.717, 1.165) is 5.56 Å². The molecule has 0 fully saturated rings. The van der Waals surface area contributed by atoms with Crippen LogP contribution in [0, 0.1) is 6.92 Å². The van der Waals surface area contributed by atoms with Crippen molar-refractivity contribution in [3.05, 3.63) is 29.8 Å². The summed E-state index contributed by atoms with van der Waals surface area (Å²) in [6, 6.07) is 4.63. The van der Waals surface area contributed by atoms with Gasteiger partial charge >= 0.3 is 18.0 Å². The topological polar surface area (TPSA) is 116 Å². The Hall–Kier alpha value is -2.57. The summed E-state index contributed by atoms with van der Waals surface area (Å²) in [5.74, 6) is -2.70. The number of aliphatic carboxylic acids is 2. The maximum atomic E-state index is 11.5. The van der Waals surface area contributed by atoms with Crippen LogP contribution >= 0.6 is 0 Å². The van der Waals surface area contributed by atoms with Crippen LogP contribution in [-0.4, -0.2) is 34.2 Å². The third-order valence-electron chi connectivity index (χ3n) is 2.29. The number of carbonyl (C=O) groups excluding carboxylic acids is 1. The molecule has 7 heteroatoms. The average molecular weight is 266 g/mol. The van der Waals surface area contributed by atoms with E-state index in [4.69, 9.17) is 10.2 Å². The first-order chi connectivity index (χ1) is 8.88. The van der Waals surface area contributed by atoms with Gasteiger partial charge in [-0.05, 0) is 19.1 Å². The molecule has 0 saturated heterocycles. The first kappa shape index (κ1) is 14.5. The molecular formula is C12H14N2O5. The van der Waals surface area contributed by atoms with Gasteiger partial charge in [0.15, 0.2) is 0 Å². The number of nitrogens with one attached hydrogen (secondary N) is 2. The molecule has 1 rings (SSSR count). The van der Waals surface area contributed by atoms with E-state index in [0.29, 0.717) is 5.69 Å². The van der Waals surface area contributed by atoms with E-state index in [-0.39, 0.29) is 0 Å². The van der Waals surface area contributed by atoms with Crippen molar-refractivity contribution < 1.29 is 24.6 Å². The molecule has 0 radical (unpaired) electrons. The Morgan fingerprint density at radius 3 is 2.21 bits per heavy atom. The Balaban J connectivity index is 2.59. The lowest BCUT2D eigenvalue weighted by Crippen LogP contribution is -2.44. The van der Waals surface area contributed by atoms with Crippen molar-refractivity contribution in [2.75, 3.05) is 5.32 Å². The SMILES string of the molecule is Cc1ccc(NC(=O)N[C@H](CC(=O)O)C(=O)O)cc1. The van der Waals surface area contributed by atoms with E-state index < -0.39 is 30.4 Å². The minimum atomic E-state index is -1.47. The molecule has 4 N–H and O–H groups in total. The molecule has 19 heavy (non-hydrogen) atoms. The Labute approximate surface area is 109 Å². The largest absolute Gasteiger partial charge is 0.481 e. The molecule has 0 bridgehead atoms. The fourth-order valence-electron chi connectivity index (χ4n) is 1.34. The molecule has 0 aliphatic heterocycles. The zero-order chi connectivity index (χ0) is 14.4. The van der Waals surface area contributed by atoms with Gasteiger partial charge in [0.2, 0.25) is 0 Å². The molecule has 102 valence electrons. The fraction of sp³-hybridized carbons (Fsp3) is 0.250. The molecule has 0 spiro atoms. The first-order valence-corrected chi connectivity index (χ1v) is 5.47. The number of urea groups is 1. The highest BCUT2D eigenvalue weighted by molar-refractivity contribution is 5.93. The quantitative estimate of drug-likeness (QED) is 0.635. The van der Waals surface area contributed by atoms with Crippen molar-refractivity contribution >= 4 is 23.7 Å². The van der Waals surface area contributed by atoms with Gasteiger partial charge in [0.1, 0.15) is 6.04 Å².